The van der Waals surface area contributed by atoms with Gasteiger partial charge in [-0.3, -0.25) is 15.0 Å². The van der Waals surface area contributed by atoms with Crippen LogP contribution in [0.15, 0.2) is 75.2 Å². The number of benzene rings is 3. The highest BCUT2D eigenvalue weighted by atomic mass is 79.9. The van der Waals surface area contributed by atoms with E-state index in [1.165, 1.54) is 5.01 Å². The van der Waals surface area contributed by atoms with Gasteiger partial charge in [-0.15, -0.1) is 0 Å². The maximum atomic E-state index is 12.8. The lowest BCUT2D eigenvalue weighted by molar-refractivity contribution is -0.117. The average Bonchev–Trinajstić information content (AvgIpc) is 3.04. The Morgan fingerprint density at radius 2 is 1.62 bits per heavy atom. The third-order valence-corrected chi connectivity index (χ3v) is 6.52. The van der Waals surface area contributed by atoms with E-state index in [2.05, 4.69) is 37.3 Å². The molecule has 1 aliphatic heterocycles. The molecule has 0 saturated carbocycles. The zero-order chi connectivity index (χ0) is 22.8. The first kappa shape index (κ1) is 22.9. The predicted octanol–water partition coefficient (Wildman–Crippen LogP) is 6.56. The first-order valence-electron chi connectivity index (χ1n) is 9.31. The molecule has 3 aromatic carbocycles. The summed E-state index contributed by atoms with van der Waals surface area (Å²) in [7, 11) is 0. The number of halogens is 4. The summed E-state index contributed by atoms with van der Waals surface area (Å²) >= 11 is 19.0. The topological polar surface area (TPSA) is 58.6 Å². The van der Waals surface area contributed by atoms with Gasteiger partial charge in [0.15, 0.2) is 0 Å². The fourth-order valence-electron chi connectivity index (χ4n) is 3.07. The number of ether oxygens (including phenoxy) is 1. The Bertz CT molecular complexity index is 1230. The molecular formula is C23H14Br2Cl2N2O3. The molecule has 1 fully saturated rings. The Kier molecular flexibility index (Phi) is 6.90. The molecule has 162 valence electrons. The van der Waals surface area contributed by atoms with Gasteiger partial charge < -0.3 is 4.74 Å². The minimum absolute atomic E-state index is 0.0390. The maximum absolute atomic E-state index is 12.8. The molecule has 0 radical (unpaired) electrons. The molecule has 5 nitrogen and oxygen atoms in total. The summed E-state index contributed by atoms with van der Waals surface area (Å²) in [6.45, 7) is 0.279. The van der Waals surface area contributed by atoms with Crippen LogP contribution in [-0.2, 0) is 16.2 Å². The zero-order valence-electron chi connectivity index (χ0n) is 16.2. The molecule has 1 heterocycles. The van der Waals surface area contributed by atoms with Gasteiger partial charge in [0.05, 0.1) is 24.7 Å². The van der Waals surface area contributed by atoms with Crippen molar-refractivity contribution >= 4 is 78.6 Å². The van der Waals surface area contributed by atoms with Crippen molar-refractivity contribution in [3.63, 3.8) is 0 Å². The van der Waals surface area contributed by atoms with Gasteiger partial charge in [-0.05, 0) is 85.5 Å². The molecule has 0 atom stereocenters. The molecule has 1 N–H and O–H groups in total. The second kappa shape index (κ2) is 9.67. The van der Waals surface area contributed by atoms with Gasteiger partial charge in [0.1, 0.15) is 17.9 Å². The van der Waals surface area contributed by atoms with Gasteiger partial charge in [0, 0.05) is 0 Å². The molecule has 2 amide bonds. The monoisotopic (exact) mass is 594 g/mol. The highest BCUT2D eigenvalue weighted by molar-refractivity contribution is 9.11. The van der Waals surface area contributed by atoms with Crippen LogP contribution >= 0.6 is 55.1 Å². The lowest BCUT2D eigenvalue weighted by Gasteiger charge is -2.14. The van der Waals surface area contributed by atoms with Gasteiger partial charge in [-0.2, -0.15) is 0 Å². The Hall–Kier alpha value is -2.32. The van der Waals surface area contributed by atoms with E-state index in [4.69, 9.17) is 27.9 Å². The van der Waals surface area contributed by atoms with Gasteiger partial charge in [-0.1, -0.05) is 47.5 Å². The molecule has 0 spiro atoms. The van der Waals surface area contributed by atoms with Crippen LogP contribution < -0.4 is 15.2 Å². The SMILES string of the molecule is O=C1NN(c2ccccc2)C(=O)/C1=C\c1cc(Br)c(OCc2ccc(Cl)c(Cl)c2)c(Br)c1. The molecule has 3 aromatic rings. The third kappa shape index (κ3) is 4.86. The van der Waals surface area contributed by atoms with E-state index < -0.39 is 11.8 Å². The molecule has 0 aliphatic carbocycles. The molecule has 32 heavy (non-hydrogen) atoms. The predicted molar refractivity (Wildman–Crippen MR) is 133 cm³/mol. The van der Waals surface area contributed by atoms with Gasteiger partial charge in [0.2, 0.25) is 0 Å². The number of nitrogens with zero attached hydrogens (tertiary/aromatic N) is 1. The van der Waals surface area contributed by atoms with Crippen LogP contribution in [0, 0.1) is 0 Å². The standard InChI is InChI=1S/C23H14Br2Cl2N2O3/c24-17-9-14(8-16-22(30)28-29(23(16)31)15-4-2-1-3-5-15)10-18(25)21(17)32-12-13-6-7-19(26)20(27)11-13/h1-11H,12H2,(H,28,30)/b16-8-. The maximum Gasteiger partial charge on any atom is 0.282 e. The molecular weight excluding hydrogens is 583 g/mol. The zero-order valence-corrected chi connectivity index (χ0v) is 20.9. The highest BCUT2D eigenvalue weighted by Crippen LogP contribution is 2.36. The summed E-state index contributed by atoms with van der Waals surface area (Å²) in [5, 5.41) is 2.16. The number of carbonyl (C=O) groups excluding carboxylic acids is 2. The number of carbonyl (C=O) groups is 2. The number of anilines is 1. The smallest absolute Gasteiger partial charge is 0.282 e. The van der Waals surface area contributed by atoms with E-state index >= 15 is 0 Å². The van der Waals surface area contributed by atoms with Crippen LogP contribution in [0.1, 0.15) is 11.1 Å². The first-order chi connectivity index (χ1) is 15.3. The summed E-state index contributed by atoms with van der Waals surface area (Å²) in [5.41, 5.74) is 4.72. The van der Waals surface area contributed by atoms with Crippen molar-refractivity contribution in [3.8, 4) is 5.75 Å². The van der Waals surface area contributed by atoms with Crippen LogP contribution in [0.5, 0.6) is 5.75 Å². The summed E-state index contributed by atoms with van der Waals surface area (Å²) in [6, 6.07) is 17.7. The van der Waals surface area contributed by atoms with Gasteiger partial charge in [0.25, 0.3) is 11.8 Å². The Morgan fingerprint density at radius 1 is 0.938 bits per heavy atom. The Morgan fingerprint density at radius 3 is 2.28 bits per heavy atom. The number of hydrogen-bond donors (Lipinski definition) is 1. The highest BCUT2D eigenvalue weighted by Gasteiger charge is 2.34. The second-order valence-corrected chi connectivity index (χ2v) is 9.35. The lowest BCUT2D eigenvalue weighted by atomic mass is 10.1. The third-order valence-electron chi connectivity index (χ3n) is 4.60. The summed E-state index contributed by atoms with van der Waals surface area (Å²) in [4.78, 5) is 25.2. The van der Waals surface area contributed by atoms with Gasteiger partial charge in [-0.25, -0.2) is 5.01 Å². The van der Waals surface area contributed by atoms with Crippen molar-refractivity contribution in [1.82, 2.24) is 5.43 Å². The molecule has 1 saturated heterocycles. The first-order valence-corrected chi connectivity index (χ1v) is 11.7. The van der Waals surface area contributed by atoms with Crippen LogP contribution in [0.3, 0.4) is 0 Å². The fourth-order valence-corrected chi connectivity index (χ4v) is 4.84. The molecule has 1 aliphatic rings. The molecule has 0 bridgehead atoms. The van der Waals surface area contributed by atoms with Crippen molar-refractivity contribution in [3.05, 3.63) is 96.4 Å². The van der Waals surface area contributed by atoms with E-state index in [-0.39, 0.29) is 12.2 Å². The molecule has 0 aromatic heterocycles. The van der Waals surface area contributed by atoms with Crippen molar-refractivity contribution in [1.29, 1.82) is 0 Å². The summed E-state index contributed by atoms with van der Waals surface area (Å²) < 4.78 is 7.23. The van der Waals surface area contributed by atoms with E-state index in [0.29, 0.717) is 36.0 Å². The van der Waals surface area contributed by atoms with E-state index in [1.807, 2.05) is 12.1 Å². The molecule has 4 rings (SSSR count). The molecule has 0 unspecified atom stereocenters. The number of nitrogens with one attached hydrogen (secondary N) is 1. The van der Waals surface area contributed by atoms with Crippen molar-refractivity contribution in [2.24, 2.45) is 0 Å². The summed E-state index contributed by atoms with van der Waals surface area (Å²) in [6.07, 6.45) is 1.54. The minimum Gasteiger partial charge on any atom is -0.487 e. The van der Waals surface area contributed by atoms with Crippen molar-refractivity contribution in [2.75, 3.05) is 5.01 Å². The van der Waals surface area contributed by atoms with E-state index in [9.17, 15) is 9.59 Å². The summed E-state index contributed by atoms with van der Waals surface area (Å²) in [5.74, 6) is -0.314. The van der Waals surface area contributed by atoms with E-state index in [0.717, 1.165) is 5.56 Å². The largest absolute Gasteiger partial charge is 0.487 e. The normalized spacial score (nSPS) is 14.8. The number of hydrogen-bond acceptors (Lipinski definition) is 3. The van der Waals surface area contributed by atoms with Crippen LogP contribution in [-0.4, -0.2) is 11.8 Å². The van der Waals surface area contributed by atoms with E-state index in [1.54, 1.807) is 54.6 Å². The van der Waals surface area contributed by atoms with Crippen molar-refractivity contribution in [2.45, 2.75) is 6.61 Å². The average molecular weight is 597 g/mol. The quantitative estimate of drug-likeness (QED) is 0.268. The second-order valence-electron chi connectivity index (χ2n) is 6.83. The number of para-hydroxylation sites is 1. The fraction of sp³-hybridized carbons (Fsp3) is 0.0435. The van der Waals surface area contributed by atoms with Crippen LogP contribution in [0.2, 0.25) is 10.0 Å². The van der Waals surface area contributed by atoms with Crippen molar-refractivity contribution < 1.29 is 14.3 Å². The number of hydrazine groups is 1. The van der Waals surface area contributed by atoms with Gasteiger partial charge >= 0.3 is 0 Å². The Balaban J connectivity index is 1.55. The van der Waals surface area contributed by atoms with Crippen LogP contribution in [0.25, 0.3) is 6.08 Å². The number of amides is 2. The minimum atomic E-state index is -0.467. The Labute approximate surface area is 211 Å². The molecule has 9 heteroatoms. The lowest BCUT2D eigenvalue weighted by Crippen LogP contribution is -2.35. The number of rotatable bonds is 5. The van der Waals surface area contributed by atoms with Crippen LogP contribution in [0.4, 0.5) is 5.69 Å².